The first-order valence-corrected chi connectivity index (χ1v) is 6.59. The van der Waals surface area contributed by atoms with Gasteiger partial charge in [-0.05, 0) is 12.1 Å². The SMILES string of the molecule is COC(=O)N1CCN(C(=O)COc2cccc(F)c2)CC1. The second kappa shape index (κ2) is 6.92. The number of rotatable bonds is 3. The molecule has 1 heterocycles. The normalized spacial score (nSPS) is 14.8. The summed E-state index contributed by atoms with van der Waals surface area (Å²) < 4.78 is 22.9. The highest BCUT2D eigenvalue weighted by molar-refractivity contribution is 5.78. The fourth-order valence-corrected chi connectivity index (χ4v) is 2.06. The van der Waals surface area contributed by atoms with Gasteiger partial charge in [-0.2, -0.15) is 0 Å². The number of ether oxygens (including phenoxy) is 2. The van der Waals surface area contributed by atoms with E-state index in [0.717, 1.165) is 0 Å². The molecule has 1 aromatic rings. The van der Waals surface area contributed by atoms with Crippen LogP contribution in [-0.4, -0.2) is 61.7 Å². The predicted octanol–water partition coefficient (Wildman–Crippen LogP) is 1.12. The average Bonchev–Trinajstić information content (AvgIpc) is 2.52. The Kier molecular flexibility index (Phi) is 4.97. The van der Waals surface area contributed by atoms with E-state index in [2.05, 4.69) is 4.74 Å². The summed E-state index contributed by atoms with van der Waals surface area (Å²) in [7, 11) is 1.33. The number of halogens is 1. The van der Waals surface area contributed by atoms with E-state index < -0.39 is 11.9 Å². The second-order valence-electron chi connectivity index (χ2n) is 4.58. The topological polar surface area (TPSA) is 59.1 Å². The molecule has 0 spiro atoms. The van der Waals surface area contributed by atoms with Gasteiger partial charge < -0.3 is 19.3 Å². The molecule has 114 valence electrons. The van der Waals surface area contributed by atoms with Crippen molar-refractivity contribution in [2.75, 3.05) is 39.9 Å². The minimum absolute atomic E-state index is 0.151. The highest BCUT2D eigenvalue weighted by Gasteiger charge is 2.24. The zero-order valence-corrected chi connectivity index (χ0v) is 11.8. The van der Waals surface area contributed by atoms with Gasteiger partial charge in [-0.1, -0.05) is 6.07 Å². The molecule has 2 rings (SSSR count). The molecule has 21 heavy (non-hydrogen) atoms. The lowest BCUT2D eigenvalue weighted by atomic mass is 10.3. The van der Waals surface area contributed by atoms with Crippen molar-refractivity contribution in [1.29, 1.82) is 0 Å². The van der Waals surface area contributed by atoms with Crippen molar-refractivity contribution in [1.82, 2.24) is 9.80 Å². The van der Waals surface area contributed by atoms with Gasteiger partial charge in [-0.3, -0.25) is 4.79 Å². The van der Waals surface area contributed by atoms with Gasteiger partial charge in [0.05, 0.1) is 7.11 Å². The van der Waals surface area contributed by atoms with Crippen LogP contribution in [0.3, 0.4) is 0 Å². The molecule has 0 saturated carbocycles. The third kappa shape index (κ3) is 4.08. The minimum Gasteiger partial charge on any atom is -0.484 e. The molecule has 0 bridgehead atoms. The van der Waals surface area contributed by atoms with Crippen LogP contribution in [0, 0.1) is 5.82 Å². The van der Waals surface area contributed by atoms with Crippen LogP contribution in [0.4, 0.5) is 9.18 Å². The molecule has 0 unspecified atom stereocenters. The van der Waals surface area contributed by atoms with Crippen molar-refractivity contribution in [3.8, 4) is 5.75 Å². The number of carbonyl (C=O) groups is 2. The second-order valence-corrected chi connectivity index (χ2v) is 4.58. The molecular formula is C14H17FN2O4. The maximum Gasteiger partial charge on any atom is 0.409 e. The van der Waals surface area contributed by atoms with Gasteiger partial charge in [0, 0.05) is 32.2 Å². The van der Waals surface area contributed by atoms with Crippen molar-refractivity contribution in [3.63, 3.8) is 0 Å². The number of piperazine rings is 1. The lowest BCUT2D eigenvalue weighted by Crippen LogP contribution is -2.51. The fraction of sp³-hybridized carbons (Fsp3) is 0.429. The predicted molar refractivity (Wildman–Crippen MR) is 72.5 cm³/mol. The summed E-state index contributed by atoms with van der Waals surface area (Å²) in [6.45, 7) is 1.57. The van der Waals surface area contributed by atoms with Crippen molar-refractivity contribution < 1.29 is 23.5 Å². The Balaban J connectivity index is 1.78. The maximum atomic E-state index is 13.0. The maximum absolute atomic E-state index is 13.0. The number of carbonyl (C=O) groups excluding carboxylic acids is 2. The molecule has 6 nitrogen and oxygen atoms in total. The number of hydrogen-bond donors (Lipinski definition) is 0. The Morgan fingerprint density at radius 1 is 1.19 bits per heavy atom. The van der Waals surface area contributed by atoms with E-state index in [9.17, 15) is 14.0 Å². The van der Waals surface area contributed by atoms with Crippen molar-refractivity contribution in [3.05, 3.63) is 30.1 Å². The number of benzene rings is 1. The molecule has 0 N–H and O–H groups in total. The third-order valence-electron chi connectivity index (χ3n) is 3.22. The summed E-state index contributed by atoms with van der Waals surface area (Å²) in [4.78, 5) is 26.4. The molecule has 7 heteroatoms. The van der Waals surface area contributed by atoms with E-state index >= 15 is 0 Å². The summed E-state index contributed by atoms with van der Waals surface area (Å²) >= 11 is 0. The van der Waals surface area contributed by atoms with Crippen LogP contribution in [-0.2, 0) is 9.53 Å². The van der Waals surface area contributed by atoms with Gasteiger partial charge in [-0.25, -0.2) is 9.18 Å². The first-order valence-electron chi connectivity index (χ1n) is 6.59. The van der Waals surface area contributed by atoms with Crippen LogP contribution >= 0.6 is 0 Å². The van der Waals surface area contributed by atoms with Crippen LogP contribution in [0.15, 0.2) is 24.3 Å². The number of nitrogens with zero attached hydrogens (tertiary/aromatic N) is 2. The van der Waals surface area contributed by atoms with Crippen LogP contribution in [0.25, 0.3) is 0 Å². The van der Waals surface area contributed by atoms with Gasteiger partial charge in [0.1, 0.15) is 11.6 Å². The number of amides is 2. The van der Waals surface area contributed by atoms with Crippen LogP contribution in [0.2, 0.25) is 0 Å². The molecular weight excluding hydrogens is 279 g/mol. The molecule has 1 saturated heterocycles. The summed E-state index contributed by atoms with van der Waals surface area (Å²) in [5.41, 5.74) is 0. The van der Waals surface area contributed by atoms with Gasteiger partial charge in [0.2, 0.25) is 0 Å². The Hall–Kier alpha value is -2.31. The number of hydrogen-bond acceptors (Lipinski definition) is 4. The third-order valence-corrected chi connectivity index (χ3v) is 3.22. The average molecular weight is 296 g/mol. The molecule has 1 fully saturated rings. The summed E-state index contributed by atoms with van der Waals surface area (Å²) in [5, 5.41) is 0. The largest absolute Gasteiger partial charge is 0.484 e. The van der Waals surface area contributed by atoms with Crippen LogP contribution < -0.4 is 4.74 Å². The van der Waals surface area contributed by atoms with Crippen molar-refractivity contribution >= 4 is 12.0 Å². The summed E-state index contributed by atoms with van der Waals surface area (Å²) in [6, 6.07) is 5.64. The van der Waals surface area contributed by atoms with Crippen molar-refractivity contribution in [2.45, 2.75) is 0 Å². The highest BCUT2D eigenvalue weighted by atomic mass is 19.1. The molecule has 2 amide bonds. The first-order chi connectivity index (χ1) is 10.1. The van der Waals surface area contributed by atoms with Crippen molar-refractivity contribution in [2.24, 2.45) is 0 Å². The highest BCUT2D eigenvalue weighted by Crippen LogP contribution is 2.12. The van der Waals surface area contributed by atoms with E-state index in [1.807, 2.05) is 0 Å². The van der Waals surface area contributed by atoms with Gasteiger partial charge in [0.15, 0.2) is 6.61 Å². The molecule has 0 aromatic heterocycles. The fourth-order valence-electron chi connectivity index (χ4n) is 2.06. The Labute approximate surface area is 122 Å². The quantitative estimate of drug-likeness (QED) is 0.838. The lowest BCUT2D eigenvalue weighted by Gasteiger charge is -2.33. The molecule has 0 atom stereocenters. The summed E-state index contributed by atoms with van der Waals surface area (Å²) in [5.74, 6) is -0.285. The molecule has 1 aliphatic heterocycles. The van der Waals surface area contributed by atoms with E-state index in [4.69, 9.17) is 4.74 Å². The Morgan fingerprint density at radius 3 is 2.48 bits per heavy atom. The zero-order chi connectivity index (χ0) is 15.2. The smallest absolute Gasteiger partial charge is 0.409 e. The van der Waals surface area contributed by atoms with Gasteiger partial charge in [-0.15, -0.1) is 0 Å². The molecule has 1 aliphatic rings. The number of methoxy groups -OCH3 is 1. The monoisotopic (exact) mass is 296 g/mol. The van der Waals surface area contributed by atoms with Crippen LogP contribution in [0.1, 0.15) is 0 Å². The Bertz CT molecular complexity index is 515. The lowest BCUT2D eigenvalue weighted by molar-refractivity contribution is -0.134. The molecule has 0 radical (unpaired) electrons. The first kappa shape index (κ1) is 15.1. The van der Waals surface area contributed by atoms with Gasteiger partial charge >= 0.3 is 6.09 Å². The molecule has 1 aromatic carbocycles. The van der Waals surface area contributed by atoms with Gasteiger partial charge in [0.25, 0.3) is 5.91 Å². The van der Waals surface area contributed by atoms with E-state index in [-0.39, 0.29) is 12.5 Å². The van der Waals surface area contributed by atoms with E-state index in [1.54, 1.807) is 11.0 Å². The summed E-state index contributed by atoms with van der Waals surface area (Å²) in [6.07, 6.45) is -0.391. The molecule has 0 aliphatic carbocycles. The minimum atomic E-state index is -0.411. The van der Waals surface area contributed by atoms with E-state index in [1.165, 1.54) is 30.2 Å². The zero-order valence-electron chi connectivity index (χ0n) is 11.8. The standard InChI is InChI=1S/C14H17FN2O4/c1-20-14(19)17-7-5-16(6-8-17)13(18)10-21-12-4-2-3-11(15)9-12/h2-4,9H,5-8,10H2,1H3. The Morgan fingerprint density at radius 2 is 1.86 bits per heavy atom. The van der Waals surface area contributed by atoms with E-state index in [0.29, 0.717) is 31.9 Å². The van der Waals surface area contributed by atoms with Crippen LogP contribution in [0.5, 0.6) is 5.75 Å².